The van der Waals surface area contributed by atoms with Crippen molar-refractivity contribution in [1.29, 1.82) is 0 Å². The molecule has 3 atom stereocenters. The Morgan fingerprint density at radius 3 is 2.63 bits per heavy atom. The zero-order valence-corrected chi connectivity index (χ0v) is 21.9. The van der Waals surface area contributed by atoms with E-state index in [1.54, 1.807) is 11.0 Å². The Hall–Kier alpha value is -3.78. The summed E-state index contributed by atoms with van der Waals surface area (Å²) in [5.41, 5.74) is 2.11. The van der Waals surface area contributed by atoms with Gasteiger partial charge in [-0.1, -0.05) is 24.3 Å². The maximum atomic E-state index is 13.6. The van der Waals surface area contributed by atoms with Crippen LogP contribution in [0.25, 0.3) is 0 Å². The Labute approximate surface area is 222 Å². The van der Waals surface area contributed by atoms with E-state index in [1.165, 1.54) is 12.1 Å². The minimum Gasteiger partial charge on any atom is -0.493 e. The van der Waals surface area contributed by atoms with Gasteiger partial charge in [-0.25, -0.2) is 9.18 Å². The van der Waals surface area contributed by atoms with E-state index in [9.17, 15) is 9.18 Å². The number of fused-ring (bicyclic) bond motifs is 1. The number of hydrogen-bond donors (Lipinski definition) is 0. The second-order valence-electron chi connectivity index (χ2n) is 10.1. The number of carbonyl (C=O) groups excluding carboxylic acids is 1. The molecule has 7 nitrogen and oxygen atoms in total. The number of nitrogens with zero attached hydrogens (tertiary/aromatic N) is 2. The third kappa shape index (κ3) is 5.86. The Morgan fingerprint density at radius 1 is 1.05 bits per heavy atom. The number of likely N-dealkylation sites (tertiary alicyclic amines) is 1. The highest BCUT2D eigenvalue weighted by atomic mass is 19.1. The monoisotopic (exact) mass is 520 g/mol. The fourth-order valence-electron chi connectivity index (χ4n) is 4.99. The molecule has 1 unspecified atom stereocenters. The average molecular weight is 521 g/mol. The van der Waals surface area contributed by atoms with Crippen LogP contribution in [0.3, 0.4) is 0 Å². The van der Waals surface area contributed by atoms with Crippen molar-refractivity contribution < 1.29 is 28.1 Å². The van der Waals surface area contributed by atoms with Crippen molar-refractivity contribution >= 4 is 6.09 Å². The molecular formula is C30H33FN2O5. The topological polar surface area (TPSA) is 60.5 Å². The largest absolute Gasteiger partial charge is 0.493 e. The standard InChI is InChI=1S/C30H33FN2O5/c1-20(32(2)3)22-5-4-6-26(15-22)38-30(34)33-14-13-27(21-7-9-24(31)10-8-21)23(17-33)18-35-25-11-12-28-29(16-25)37-19-36-28/h4-12,15-16,20,23,27H,13-14,17-19H2,1-3H3/t20-,23-,27?/m0/s1. The van der Waals surface area contributed by atoms with Crippen molar-refractivity contribution in [3.8, 4) is 23.0 Å². The van der Waals surface area contributed by atoms with Gasteiger partial charge in [0, 0.05) is 31.1 Å². The predicted molar refractivity (Wildman–Crippen MR) is 141 cm³/mol. The molecule has 38 heavy (non-hydrogen) atoms. The van der Waals surface area contributed by atoms with Gasteiger partial charge in [-0.3, -0.25) is 0 Å². The van der Waals surface area contributed by atoms with Crippen LogP contribution in [-0.2, 0) is 0 Å². The van der Waals surface area contributed by atoms with Crippen LogP contribution in [0.2, 0.25) is 0 Å². The summed E-state index contributed by atoms with van der Waals surface area (Å²) in [7, 11) is 4.03. The highest BCUT2D eigenvalue weighted by Gasteiger charge is 2.34. The number of rotatable bonds is 7. The Balaban J connectivity index is 1.29. The van der Waals surface area contributed by atoms with E-state index in [0.717, 1.165) is 11.1 Å². The molecule has 1 amide bonds. The van der Waals surface area contributed by atoms with Gasteiger partial charge in [-0.15, -0.1) is 0 Å². The molecule has 200 valence electrons. The van der Waals surface area contributed by atoms with Gasteiger partial charge in [0.15, 0.2) is 11.5 Å². The maximum Gasteiger partial charge on any atom is 0.415 e. The van der Waals surface area contributed by atoms with E-state index >= 15 is 0 Å². The molecule has 0 spiro atoms. The van der Waals surface area contributed by atoms with Gasteiger partial charge in [-0.2, -0.15) is 0 Å². The molecule has 0 N–H and O–H groups in total. The molecule has 5 rings (SSSR count). The summed E-state index contributed by atoms with van der Waals surface area (Å²) >= 11 is 0. The van der Waals surface area contributed by atoms with Gasteiger partial charge in [-0.05, 0) is 80.9 Å². The number of halogens is 1. The van der Waals surface area contributed by atoms with Crippen LogP contribution in [0, 0.1) is 11.7 Å². The van der Waals surface area contributed by atoms with Crippen molar-refractivity contribution in [1.82, 2.24) is 9.80 Å². The molecule has 0 aliphatic carbocycles. The number of ether oxygens (including phenoxy) is 4. The molecular weight excluding hydrogens is 487 g/mol. The quantitative estimate of drug-likeness (QED) is 0.389. The summed E-state index contributed by atoms with van der Waals surface area (Å²) in [5.74, 6) is 2.35. The van der Waals surface area contributed by atoms with Gasteiger partial charge >= 0.3 is 6.09 Å². The summed E-state index contributed by atoms with van der Waals surface area (Å²) in [6, 6.07) is 19.9. The van der Waals surface area contributed by atoms with Crippen LogP contribution < -0.4 is 18.9 Å². The van der Waals surface area contributed by atoms with Crippen molar-refractivity contribution in [3.05, 3.63) is 83.7 Å². The Kier molecular flexibility index (Phi) is 7.69. The van der Waals surface area contributed by atoms with Gasteiger partial charge in [0.25, 0.3) is 0 Å². The number of hydrogen-bond acceptors (Lipinski definition) is 6. The molecule has 8 heteroatoms. The number of amides is 1. The average Bonchev–Trinajstić information content (AvgIpc) is 3.40. The normalized spacial score (nSPS) is 19.3. The number of carbonyl (C=O) groups is 1. The number of benzene rings is 3. The summed E-state index contributed by atoms with van der Waals surface area (Å²) in [6.07, 6.45) is 0.332. The summed E-state index contributed by atoms with van der Waals surface area (Å²) in [6.45, 7) is 3.67. The van der Waals surface area contributed by atoms with Crippen LogP contribution >= 0.6 is 0 Å². The molecule has 2 aliphatic heterocycles. The van der Waals surface area contributed by atoms with E-state index < -0.39 is 0 Å². The first kappa shape index (κ1) is 25.9. The minimum atomic E-state index is -0.384. The Bertz CT molecular complexity index is 1270. The van der Waals surface area contributed by atoms with Crippen LogP contribution in [0.15, 0.2) is 66.7 Å². The van der Waals surface area contributed by atoms with E-state index in [0.29, 0.717) is 49.1 Å². The van der Waals surface area contributed by atoms with Crippen LogP contribution in [0.1, 0.15) is 36.4 Å². The molecule has 0 bridgehead atoms. The van der Waals surface area contributed by atoms with Gasteiger partial charge in [0.05, 0.1) is 6.61 Å². The lowest BCUT2D eigenvalue weighted by Gasteiger charge is -2.38. The molecule has 0 aromatic heterocycles. The highest BCUT2D eigenvalue weighted by molar-refractivity contribution is 5.71. The second-order valence-corrected chi connectivity index (χ2v) is 10.1. The summed E-state index contributed by atoms with van der Waals surface area (Å²) in [5, 5.41) is 0. The zero-order chi connectivity index (χ0) is 26.6. The van der Waals surface area contributed by atoms with Crippen LogP contribution in [0.5, 0.6) is 23.0 Å². The lowest BCUT2D eigenvalue weighted by Crippen LogP contribution is -2.46. The molecule has 0 radical (unpaired) electrons. The maximum absolute atomic E-state index is 13.6. The van der Waals surface area contributed by atoms with E-state index in [1.807, 2.05) is 62.6 Å². The molecule has 3 aromatic rings. The van der Waals surface area contributed by atoms with Gasteiger partial charge < -0.3 is 28.7 Å². The van der Waals surface area contributed by atoms with Crippen LogP contribution in [-0.4, -0.2) is 56.5 Å². The van der Waals surface area contributed by atoms with Crippen molar-refractivity contribution in [2.45, 2.75) is 25.3 Å². The lowest BCUT2D eigenvalue weighted by atomic mass is 9.81. The fraction of sp³-hybridized carbons (Fsp3) is 0.367. The first-order valence-electron chi connectivity index (χ1n) is 12.9. The molecule has 0 saturated carbocycles. The van der Waals surface area contributed by atoms with Gasteiger partial charge in [0.1, 0.15) is 17.3 Å². The highest BCUT2D eigenvalue weighted by Crippen LogP contribution is 2.37. The zero-order valence-electron chi connectivity index (χ0n) is 21.9. The molecule has 1 fully saturated rings. The van der Waals surface area contributed by atoms with Crippen molar-refractivity contribution in [2.75, 3.05) is 40.6 Å². The smallest absolute Gasteiger partial charge is 0.415 e. The number of piperidine rings is 1. The summed E-state index contributed by atoms with van der Waals surface area (Å²) < 4.78 is 36.4. The third-order valence-electron chi connectivity index (χ3n) is 7.42. The van der Waals surface area contributed by atoms with Crippen molar-refractivity contribution in [3.63, 3.8) is 0 Å². The predicted octanol–water partition coefficient (Wildman–Crippen LogP) is 5.86. The molecule has 3 aromatic carbocycles. The molecule has 2 aliphatic rings. The lowest BCUT2D eigenvalue weighted by molar-refractivity contribution is 0.0981. The van der Waals surface area contributed by atoms with E-state index in [-0.39, 0.29) is 36.6 Å². The van der Waals surface area contributed by atoms with E-state index in [2.05, 4.69) is 11.8 Å². The molecule has 1 saturated heterocycles. The Morgan fingerprint density at radius 2 is 1.84 bits per heavy atom. The fourth-order valence-corrected chi connectivity index (χ4v) is 4.99. The minimum absolute atomic E-state index is 0.0210. The first-order chi connectivity index (χ1) is 18.4. The summed E-state index contributed by atoms with van der Waals surface area (Å²) in [4.78, 5) is 17.0. The van der Waals surface area contributed by atoms with Crippen molar-refractivity contribution in [2.24, 2.45) is 5.92 Å². The SMILES string of the molecule is C[C@@H](c1cccc(OC(=O)N2CCC(c3ccc(F)cc3)[C@H](COc3ccc4c(c3)OCO4)C2)c1)N(C)C. The van der Waals surface area contributed by atoms with Gasteiger partial charge in [0.2, 0.25) is 6.79 Å². The second kappa shape index (κ2) is 11.3. The first-order valence-corrected chi connectivity index (χ1v) is 12.9. The third-order valence-corrected chi connectivity index (χ3v) is 7.42. The van der Waals surface area contributed by atoms with E-state index in [4.69, 9.17) is 18.9 Å². The molecule has 2 heterocycles. The van der Waals surface area contributed by atoms with Crippen LogP contribution in [0.4, 0.5) is 9.18 Å².